The first kappa shape index (κ1) is 11.1. The van der Waals surface area contributed by atoms with Gasteiger partial charge in [0.1, 0.15) is 0 Å². The van der Waals surface area contributed by atoms with Gasteiger partial charge in [-0.25, -0.2) is 0 Å². The molecule has 0 spiro atoms. The molecule has 1 heterocycles. The maximum Gasteiger partial charge on any atom is 0.0541 e. The predicted molar refractivity (Wildman–Crippen MR) is 57.0 cm³/mol. The normalized spacial score (nSPS) is 10.4. The quantitative estimate of drug-likeness (QED) is 0.670. The molecule has 0 aliphatic carbocycles. The molecule has 3 nitrogen and oxygen atoms in total. The van der Waals surface area contributed by atoms with E-state index in [4.69, 9.17) is 5.11 Å². The van der Waals surface area contributed by atoms with Crippen LogP contribution in [0.1, 0.15) is 24.1 Å². The molecule has 1 aromatic heterocycles. The number of hydrogen-bond donors (Lipinski definition) is 2. The van der Waals surface area contributed by atoms with Crippen LogP contribution in [0.25, 0.3) is 0 Å². The van der Waals surface area contributed by atoms with Crippen LogP contribution in [0, 0.1) is 6.92 Å². The molecule has 0 aliphatic rings. The average molecular weight is 194 g/mol. The van der Waals surface area contributed by atoms with Gasteiger partial charge in [0.15, 0.2) is 0 Å². The number of hydrogen-bond acceptors (Lipinski definition) is 3. The zero-order valence-electron chi connectivity index (χ0n) is 8.66. The second-order valence-corrected chi connectivity index (χ2v) is 3.43. The Kier molecular flexibility index (Phi) is 5.19. The van der Waals surface area contributed by atoms with E-state index >= 15 is 0 Å². The highest BCUT2D eigenvalue weighted by Gasteiger charge is 1.93. The number of unbranched alkanes of at least 4 members (excludes halogenated alkanes) is 1. The van der Waals surface area contributed by atoms with Crippen molar-refractivity contribution in [3.63, 3.8) is 0 Å². The Hall–Kier alpha value is -0.930. The van der Waals surface area contributed by atoms with Gasteiger partial charge in [0, 0.05) is 19.3 Å². The van der Waals surface area contributed by atoms with Gasteiger partial charge in [-0.15, -0.1) is 0 Å². The van der Waals surface area contributed by atoms with E-state index in [9.17, 15) is 0 Å². The Morgan fingerprint density at radius 2 is 2.21 bits per heavy atom. The van der Waals surface area contributed by atoms with Crippen LogP contribution < -0.4 is 5.32 Å². The number of aryl methyl sites for hydroxylation is 1. The van der Waals surface area contributed by atoms with Crippen molar-refractivity contribution >= 4 is 0 Å². The van der Waals surface area contributed by atoms with E-state index in [0.29, 0.717) is 0 Å². The van der Waals surface area contributed by atoms with Crippen LogP contribution >= 0.6 is 0 Å². The van der Waals surface area contributed by atoms with Crippen LogP contribution in [0.3, 0.4) is 0 Å². The third kappa shape index (κ3) is 4.35. The summed E-state index contributed by atoms with van der Waals surface area (Å²) >= 11 is 0. The summed E-state index contributed by atoms with van der Waals surface area (Å²) in [4.78, 5) is 4.28. The smallest absolute Gasteiger partial charge is 0.0541 e. The monoisotopic (exact) mass is 194 g/mol. The van der Waals surface area contributed by atoms with E-state index in [1.54, 1.807) is 0 Å². The molecule has 0 bridgehead atoms. The van der Waals surface area contributed by atoms with Gasteiger partial charge < -0.3 is 10.4 Å². The zero-order valence-corrected chi connectivity index (χ0v) is 8.66. The molecule has 0 unspecified atom stereocenters. The Morgan fingerprint density at radius 1 is 1.36 bits per heavy atom. The zero-order chi connectivity index (χ0) is 10.2. The van der Waals surface area contributed by atoms with Crippen molar-refractivity contribution in [3.8, 4) is 0 Å². The minimum atomic E-state index is 0.282. The summed E-state index contributed by atoms with van der Waals surface area (Å²) in [5, 5.41) is 11.9. The summed E-state index contributed by atoms with van der Waals surface area (Å²) in [7, 11) is 0. The summed E-state index contributed by atoms with van der Waals surface area (Å²) < 4.78 is 0. The fourth-order valence-corrected chi connectivity index (χ4v) is 1.18. The maximum absolute atomic E-state index is 8.57. The lowest BCUT2D eigenvalue weighted by atomic mass is 10.2. The van der Waals surface area contributed by atoms with Gasteiger partial charge in [0.05, 0.1) is 5.69 Å². The molecule has 1 rings (SSSR count). The third-order valence-corrected chi connectivity index (χ3v) is 2.04. The Balaban J connectivity index is 2.15. The molecule has 2 N–H and O–H groups in total. The van der Waals surface area contributed by atoms with Gasteiger partial charge in [-0.1, -0.05) is 6.07 Å². The highest BCUT2D eigenvalue weighted by atomic mass is 16.2. The lowest BCUT2D eigenvalue weighted by molar-refractivity contribution is 0.283. The van der Waals surface area contributed by atoms with Crippen LogP contribution in [-0.2, 0) is 6.54 Å². The molecular weight excluding hydrogens is 176 g/mol. The number of rotatable bonds is 6. The average Bonchev–Trinajstić information content (AvgIpc) is 2.21. The SMILES string of the molecule is Cc1ccc(CNCCCCO)nc1. The first-order valence-corrected chi connectivity index (χ1v) is 5.06. The molecule has 0 aliphatic heterocycles. The summed E-state index contributed by atoms with van der Waals surface area (Å²) in [5.74, 6) is 0. The highest BCUT2D eigenvalue weighted by molar-refractivity contribution is 5.11. The number of nitrogens with one attached hydrogen (secondary N) is 1. The van der Waals surface area contributed by atoms with Crippen LogP contribution in [0.5, 0.6) is 0 Å². The highest BCUT2D eigenvalue weighted by Crippen LogP contribution is 1.97. The number of aliphatic hydroxyl groups is 1. The van der Waals surface area contributed by atoms with Crippen LogP contribution in [0.15, 0.2) is 18.3 Å². The lowest BCUT2D eigenvalue weighted by Crippen LogP contribution is -2.15. The minimum absolute atomic E-state index is 0.282. The summed E-state index contributed by atoms with van der Waals surface area (Å²) in [6.45, 7) is 4.07. The van der Waals surface area contributed by atoms with Gasteiger partial charge in [-0.05, 0) is 37.9 Å². The molecular formula is C11H18N2O. The van der Waals surface area contributed by atoms with Crippen molar-refractivity contribution in [2.24, 2.45) is 0 Å². The predicted octanol–water partition coefficient (Wildman–Crippen LogP) is 1.25. The summed E-state index contributed by atoms with van der Waals surface area (Å²) in [5.41, 5.74) is 2.26. The van der Waals surface area contributed by atoms with E-state index in [0.717, 1.165) is 31.6 Å². The first-order chi connectivity index (χ1) is 6.83. The number of nitrogens with zero attached hydrogens (tertiary/aromatic N) is 1. The van der Waals surface area contributed by atoms with Crippen molar-refractivity contribution in [3.05, 3.63) is 29.6 Å². The second kappa shape index (κ2) is 6.51. The number of aliphatic hydroxyl groups excluding tert-OH is 1. The van der Waals surface area contributed by atoms with Crippen LogP contribution in [-0.4, -0.2) is 23.2 Å². The number of pyridine rings is 1. The van der Waals surface area contributed by atoms with Crippen molar-refractivity contribution in [2.75, 3.05) is 13.2 Å². The summed E-state index contributed by atoms with van der Waals surface area (Å²) in [6.07, 6.45) is 3.77. The molecule has 0 radical (unpaired) electrons. The fraction of sp³-hybridized carbons (Fsp3) is 0.545. The van der Waals surface area contributed by atoms with Gasteiger partial charge in [0.25, 0.3) is 0 Å². The Bertz CT molecular complexity index is 246. The van der Waals surface area contributed by atoms with E-state index in [2.05, 4.69) is 16.4 Å². The molecule has 0 saturated heterocycles. The standard InChI is InChI=1S/C11H18N2O/c1-10-4-5-11(13-8-10)9-12-6-2-3-7-14/h4-5,8,12,14H,2-3,6-7,9H2,1H3. The van der Waals surface area contributed by atoms with Crippen molar-refractivity contribution in [2.45, 2.75) is 26.3 Å². The topological polar surface area (TPSA) is 45.1 Å². The molecule has 0 fully saturated rings. The summed E-state index contributed by atoms with van der Waals surface area (Å²) in [6, 6.07) is 4.10. The van der Waals surface area contributed by atoms with Crippen molar-refractivity contribution < 1.29 is 5.11 Å². The molecule has 0 atom stereocenters. The van der Waals surface area contributed by atoms with Gasteiger partial charge in [-0.2, -0.15) is 0 Å². The van der Waals surface area contributed by atoms with Crippen molar-refractivity contribution in [1.82, 2.24) is 10.3 Å². The number of aromatic nitrogens is 1. The van der Waals surface area contributed by atoms with Crippen LogP contribution in [0.4, 0.5) is 0 Å². The van der Waals surface area contributed by atoms with E-state index in [1.165, 1.54) is 5.56 Å². The molecule has 14 heavy (non-hydrogen) atoms. The van der Waals surface area contributed by atoms with E-state index in [-0.39, 0.29) is 6.61 Å². The molecule has 78 valence electrons. The molecule has 0 saturated carbocycles. The Morgan fingerprint density at radius 3 is 2.86 bits per heavy atom. The molecule has 0 aromatic carbocycles. The fourth-order valence-electron chi connectivity index (χ4n) is 1.18. The minimum Gasteiger partial charge on any atom is -0.396 e. The van der Waals surface area contributed by atoms with Crippen LogP contribution in [0.2, 0.25) is 0 Å². The Labute approximate surface area is 85.2 Å². The van der Waals surface area contributed by atoms with Gasteiger partial charge in [0.2, 0.25) is 0 Å². The molecule has 0 amide bonds. The van der Waals surface area contributed by atoms with Gasteiger partial charge in [-0.3, -0.25) is 4.98 Å². The second-order valence-electron chi connectivity index (χ2n) is 3.43. The maximum atomic E-state index is 8.57. The van der Waals surface area contributed by atoms with Gasteiger partial charge >= 0.3 is 0 Å². The molecule has 1 aromatic rings. The largest absolute Gasteiger partial charge is 0.396 e. The lowest BCUT2D eigenvalue weighted by Gasteiger charge is -2.03. The first-order valence-electron chi connectivity index (χ1n) is 5.06. The molecule has 3 heteroatoms. The van der Waals surface area contributed by atoms with E-state index in [1.807, 2.05) is 19.2 Å². The van der Waals surface area contributed by atoms with Crippen molar-refractivity contribution in [1.29, 1.82) is 0 Å². The third-order valence-electron chi connectivity index (χ3n) is 2.04. The van der Waals surface area contributed by atoms with E-state index < -0.39 is 0 Å².